The van der Waals surface area contributed by atoms with Crippen molar-refractivity contribution in [2.45, 2.75) is 37.5 Å². The molecular formula is C54H59BrN8O2S2. The summed E-state index contributed by atoms with van der Waals surface area (Å²) in [5, 5.41) is 17.4. The molecule has 0 fully saturated rings. The van der Waals surface area contributed by atoms with Gasteiger partial charge in [0, 0.05) is 89.8 Å². The Labute approximate surface area is 412 Å². The zero-order chi connectivity index (χ0) is 45.8. The number of benzene rings is 6. The quantitative estimate of drug-likeness (QED) is 0.0410. The van der Waals surface area contributed by atoms with E-state index in [0.717, 1.165) is 117 Å². The molecule has 13 heteroatoms. The van der Waals surface area contributed by atoms with Crippen molar-refractivity contribution in [3.05, 3.63) is 133 Å². The van der Waals surface area contributed by atoms with E-state index in [0.29, 0.717) is 11.4 Å². The predicted octanol–water partition coefficient (Wildman–Crippen LogP) is 12.3. The second-order valence-corrected chi connectivity index (χ2v) is 18.2. The summed E-state index contributed by atoms with van der Waals surface area (Å²) in [6.45, 7) is 15.1. The number of amides is 2. The van der Waals surface area contributed by atoms with E-state index in [1.54, 1.807) is 0 Å². The van der Waals surface area contributed by atoms with Crippen molar-refractivity contribution in [3.8, 4) is 11.1 Å². The molecule has 6 aromatic carbocycles. The standard InChI is InChI=1S/C54H58N8O2S2.BrH/c1-5-61(6-2)29-31-65-53-41-19-11-15-23-47(41)57-49-33-37(25-27-43(49)53)55-35-51(63)59-45-21-13-9-17-39(45)40-18-10-14-22-46(40)60-52(64)36-56-38-26-28-44-50(34-38)58-48-24-16-12-20-42(48)54(44)66-32-30-62(7-3)8-4;/h9-28,33-34,55-56H,5-8,29-32,35-36H2,1-4H3,(H,59,63)(H,60,64);1H. The highest BCUT2D eigenvalue weighted by atomic mass is 79.9. The summed E-state index contributed by atoms with van der Waals surface area (Å²) in [6.07, 6.45) is 0. The maximum atomic E-state index is 13.5. The summed E-state index contributed by atoms with van der Waals surface area (Å²) in [5.74, 6) is 1.58. The first-order valence-electron chi connectivity index (χ1n) is 23.0. The van der Waals surface area contributed by atoms with Gasteiger partial charge in [-0.15, -0.1) is 40.5 Å². The van der Waals surface area contributed by atoms with Gasteiger partial charge < -0.3 is 31.1 Å². The van der Waals surface area contributed by atoms with E-state index in [-0.39, 0.29) is 41.9 Å². The fourth-order valence-corrected chi connectivity index (χ4v) is 10.7. The Bertz CT molecular complexity index is 2780. The van der Waals surface area contributed by atoms with Crippen LogP contribution in [-0.2, 0) is 9.59 Å². The van der Waals surface area contributed by atoms with Gasteiger partial charge in [-0.3, -0.25) is 9.59 Å². The van der Waals surface area contributed by atoms with E-state index >= 15 is 0 Å². The number of anilines is 4. The highest BCUT2D eigenvalue weighted by Crippen LogP contribution is 2.38. The molecule has 8 rings (SSSR count). The monoisotopic (exact) mass is 994 g/mol. The number of hydrogen-bond donors (Lipinski definition) is 4. The van der Waals surface area contributed by atoms with Crippen LogP contribution in [0.4, 0.5) is 22.7 Å². The summed E-state index contributed by atoms with van der Waals surface area (Å²) in [4.78, 5) is 44.5. The van der Waals surface area contributed by atoms with Crippen LogP contribution in [0.5, 0.6) is 0 Å². The third kappa shape index (κ3) is 12.1. The van der Waals surface area contributed by atoms with E-state index in [9.17, 15) is 9.59 Å². The minimum Gasteiger partial charge on any atom is -0.376 e. The second kappa shape index (κ2) is 23.8. The lowest BCUT2D eigenvalue weighted by atomic mass is 10.0. The van der Waals surface area contributed by atoms with Crippen molar-refractivity contribution in [2.24, 2.45) is 0 Å². The van der Waals surface area contributed by atoms with Gasteiger partial charge >= 0.3 is 0 Å². The highest BCUT2D eigenvalue weighted by Gasteiger charge is 2.16. The molecule has 67 heavy (non-hydrogen) atoms. The van der Waals surface area contributed by atoms with Gasteiger partial charge in [0.2, 0.25) is 11.8 Å². The summed E-state index contributed by atoms with van der Waals surface area (Å²) in [6, 6.07) is 44.2. The summed E-state index contributed by atoms with van der Waals surface area (Å²) >= 11 is 3.75. The molecule has 0 spiro atoms. The Morgan fingerprint density at radius 3 is 1.27 bits per heavy atom. The lowest BCUT2D eigenvalue weighted by Gasteiger charge is -2.18. The van der Waals surface area contributed by atoms with Crippen molar-refractivity contribution in [2.75, 3.05) is 85.1 Å². The molecule has 2 amide bonds. The maximum Gasteiger partial charge on any atom is 0.243 e. The molecule has 0 atom stereocenters. The largest absolute Gasteiger partial charge is 0.376 e. The van der Waals surface area contributed by atoms with Crippen LogP contribution in [0.1, 0.15) is 27.7 Å². The third-order valence-corrected chi connectivity index (χ3v) is 14.2. The van der Waals surface area contributed by atoms with Crippen LogP contribution >= 0.6 is 40.5 Å². The summed E-state index contributed by atoms with van der Waals surface area (Å²) in [7, 11) is 0. The number of para-hydroxylation sites is 4. The fraction of sp³-hybridized carbons (Fsp3) is 0.259. The first-order chi connectivity index (χ1) is 32.3. The molecule has 0 aliphatic heterocycles. The van der Waals surface area contributed by atoms with Gasteiger partial charge in [0.1, 0.15) is 0 Å². The number of carbonyl (C=O) groups excluding carboxylic acids is 2. The predicted molar refractivity (Wildman–Crippen MR) is 292 cm³/mol. The number of rotatable bonds is 21. The number of nitrogens with zero attached hydrogens (tertiary/aromatic N) is 4. The number of carbonyl (C=O) groups is 2. The second-order valence-electron chi connectivity index (χ2n) is 16.0. The van der Waals surface area contributed by atoms with Crippen LogP contribution in [0.2, 0.25) is 0 Å². The number of nitrogens with one attached hydrogen (secondary N) is 4. The summed E-state index contributed by atoms with van der Waals surface area (Å²) < 4.78 is 0. The molecular weight excluding hydrogens is 937 g/mol. The minimum absolute atomic E-state index is 0. The molecule has 0 aliphatic rings. The highest BCUT2D eigenvalue weighted by molar-refractivity contribution is 8.93. The molecule has 0 radical (unpaired) electrons. The number of pyridine rings is 2. The minimum atomic E-state index is -0.199. The lowest BCUT2D eigenvalue weighted by Crippen LogP contribution is -2.25. The van der Waals surface area contributed by atoms with E-state index in [1.807, 2.05) is 108 Å². The van der Waals surface area contributed by atoms with E-state index in [4.69, 9.17) is 9.97 Å². The molecule has 2 aromatic heterocycles. The molecule has 2 heterocycles. The molecule has 0 saturated heterocycles. The zero-order valence-electron chi connectivity index (χ0n) is 38.6. The Morgan fingerprint density at radius 2 is 0.851 bits per heavy atom. The molecule has 0 bridgehead atoms. The lowest BCUT2D eigenvalue weighted by molar-refractivity contribution is -0.115. The number of hydrogen-bond acceptors (Lipinski definition) is 10. The SMILES string of the molecule is Br.CCN(CC)CCSc1c2ccccc2nc2cc(NCC(=O)Nc3ccccc3-c3ccccc3NC(=O)CNc3ccc4c(SCCN(CC)CC)c5ccccc5nc4c3)ccc12. The van der Waals surface area contributed by atoms with Crippen LogP contribution in [0.25, 0.3) is 54.7 Å². The number of aromatic nitrogens is 2. The van der Waals surface area contributed by atoms with E-state index in [2.05, 4.69) is 107 Å². The van der Waals surface area contributed by atoms with Crippen molar-refractivity contribution < 1.29 is 9.59 Å². The van der Waals surface area contributed by atoms with Crippen LogP contribution in [-0.4, -0.2) is 95.4 Å². The molecule has 8 aromatic rings. The molecule has 0 aliphatic carbocycles. The Morgan fingerprint density at radius 1 is 0.478 bits per heavy atom. The van der Waals surface area contributed by atoms with Gasteiger partial charge in [-0.05, 0) is 86.8 Å². The number of fused-ring (bicyclic) bond motifs is 4. The van der Waals surface area contributed by atoms with Crippen molar-refractivity contribution in [1.82, 2.24) is 19.8 Å². The van der Waals surface area contributed by atoms with Gasteiger partial charge in [-0.1, -0.05) is 100 Å². The topological polar surface area (TPSA) is 115 Å². The number of halogens is 1. The van der Waals surface area contributed by atoms with Crippen LogP contribution in [0, 0.1) is 0 Å². The average Bonchev–Trinajstić information content (AvgIpc) is 3.35. The maximum absolute atomic E-state index is 13.5. The first-order valence-corrected chi connectivity index (χ1v) is 24.9. The fourth-order valence-electron chi connectivity index (χ4n) is 8.28. The van der Waals surface area contributed by atoms with E-state index in [1.165, 1.54) is 9.79 Å². The molecule has 4 N–H and O–H groups in total. The smallest absolute Gasteiger partial charge is 0.243 e. The van der Waals surface area contributed by atoms with Crippen LogP contribution in [0.15, 0.2) is 143 Å². The van der Waals surface area contributed by atoms with Crippen molar-refractivity contribution in [1.29, 1.82) is 0 Å². The van der Waals surface area contributed by atoms with Gasteiger partial charge in [0.05, 0.1) is 35.2 Å². The first kappa shape index (κ1) is 49.2. The van der Waals surface area contributed by atoms with Gasteiger partial charge in [0.15, 0.2) is 0 Å². The Kier molecular flexibility index (Phi) is 17.5. The van der Waals surface area contributed by atoms with Gasteiger partial charge in [0.25, 0.3) is 0 Å². The molecule has 0 unspecified atom stereocenters. The van der Waals surface area contributed by atoms with Crippen molar-refractivity contribution >= 4 is 119 Å². The normalized spacial score (nSPS) is 11.4. The number of thioether (sulfide) groups is 2. The van der Waals surface area contributed by atoms with Gasteiger partial charge in [-0.2, -0.15) is 0 Å². The third-order valence-electron chi connectivity index (χ3n) is 12.0. The van der Waals surface area contributed by atoms with Gasteiger partial charge in [-0.25, -0.2) is 9.97 Å². The van der Waals surface area contributed by atoms with E-state index < -0.39 is 0 Å². The molecule has 10 nitrogen and oxygen atoms in total. The molecule has 346 valence electrons. The van der Waals surface area contributed by atoms with Crippen LogP contribution < -0.4 is 21.3 Å². The van der Waals surface area contributed by atoms with Crippen molar-refractivity contribution in [3.63, 3.8) is 0 Å². The Balaban J connectivity index is 0.00000666. The average molecular weight is 996 g/mol. The molecule has 0 saturated carbocycles. The summed E-state index contributed by atoms with van der Waals surface area (Å²) in [5.41, 5.74) is 8.18. The zero-order valence-corrected chi connectivity index (χ0v) is 41.9. The van der Waals surface area contributed by atoms with Crippen LogP contribution in [0.3, 0.4) is 0 Å². The Hall–Kier alpha value is -5.70.